The zero-order chi connectivity index (χ0) is 31.6. The second kappa shape index (κ2) is 10.7. The first kappa shape index (κ1) is 27.0. The van der Waals surface area contributed by atoms with Crippen molar-refractivity contribution in [2.75, 3.05) is 4.90 Å². The number of benzene rings is 7. The van der Waals surface area contributed by atoms with Gasteiger partial charge in [-0.05, 0) is 66.2 Å². The SMILES string of the molecule is c1ccc(-c2nc3cc4oc5c(-c6ccc(N(c7ccccc7)c7cccc8sc9ccccc9c78)cc6)cccc5c4cc3o2)cc1. The minimum Gasteiger partial charge on any atom is -0.455 e. The Morgan fingerprint density at radius 1 is 0.500 bits per heavy atom. The number of hydrogen-bond donors (Lipinski definition) is 0. The van der Waals surface area contributed by atoms with Crippen LogP contribution in [-0.4, -0.2) is 4.98 Å². The van der Waals surface area contributed by atoms with E-state index in [0.717, 1.165) is 66.8 Å². The van der Waals surface area contributed by atoms with Gasteiger partial charge >= 0.3 is 0 Å². The Kier molecular flexibility index (Phi) is 6.01. The number of oxazole rings is 1. The zero-order valence-corrected chi connectivity index (χ0v) is 26.4. The molecule has 0 radical (unpaired) electrons. The van der Waals surface area contributed by atoms with E-state index in [4.69, 9.17) is 13.8 Å². The fourth-order valence-electron chi connectivity index (χ4n) is 6.89. The van der Waals surface area contributed by atoms with E-state index in [2.05, 4.69) is 126 Å². The zero-order valence-electron chi connectivity index (χ0n) is 25.6. The van der Waals surface area contributed by atoms with Gasteiger partial charge in [0.25, 0.3) is 0 Å². The van der Waals surface area contributed by atoms with E-state index in [1.807, 2.05) is 47.7 Å². The van der Waals surface area contributed by atoms with Crippen LogP contribution in [0.2, 0.25) is 0 Å². The molecule has 0 unspecified atom stereocenters. The van der Waals surface area contributed by atoms with Crippen LogP contribution in [0.4, 0.5) is 17.1 Å². The summed E-state index contributed by atoms with van der Waals surface area (Å²) in [7, 11) is 0. The van der Waals surface area contributed by atoms with Crippen LogP contribution in [0.5, 0.6) is 0 Å². The van der Waals surface area contributed by atoms with Crippen LogP contribution in [0.1, 0.15) is 0 Å². The lowest BCUT2D eigenvalue weighted by Gasteiger charge is -2.26. The van der Waals surface area contributed by atoms with Crippen LogP contribution in [-0.2, 0) is 0 Å². The first-order chi connectivity index (χ1) is 23.8. The molecule has 7 aromatic carbocycles. The highest BCUT2D eigenvalue weighted by atomic mass is 32.1. The van der Waals surface area contributed by atoms with Gasteiger partial charge in [0.2, 0.25) is 5.89 Å². The van der Waals surface area contributed by atoms with Crippen molar-refractivity contribution in [3.05, 3.63) is 158 Å². The molecule has 0 bridgehead atoms. The monoisotopic (exact) mass is 634 g/mol. The molecule has 48 heavy (non-hydrogen) atoms. The topological polar surface area (TPSA) is 42.4 Å². The predicted molar refractivity (Wildman–Crippen MR) is 200 cm³/mol. The average Bonchev–Trinajstić information content (AvgIpc) is 3.85. The van der Waals surface area contributed by atoms with Gasteiger partial charge in [-0.1, -0.05) is 91.0 Å². The molecule has 0 aliphatic rings. The van der Waals surface area contributed by atoms with Gasteiger partial charge in [0, 0.05) is 59.5 Å². The number of aromatic nitrogens is 1. The molecule has 3 heterocycles. The summed E-state index contributed by atoms with van der Waals surface area (Å²) in [5.41, 5.74) is 9.61. The van der Waals surface area contributed by atoms with E-state index in [9.17, 15) is 0 Å². The quantitative estimate of drug-likeness (QED) is 0.189. The van der Waals surface area contributed by atoms with E-state index >= 15 is 0 Å². The van der Waals surface area contributed by atoms with Gasteiger partial charge in [0.05, 0.1) is 5.69 Å². The van der Waals surface area contributed by atoms with Crippen LogP contribution in [0, 0.1) is 0 Å². The lowest BCUT2D eigenvalue weighted by atomic mass is 10.0. The van der Waals surface area contributed by atoms with Crippen molar-refractivity contribution in [1.82, 2.24) is 4.98 Å². The molecule has 0 saturated carbocycles. The summed E-state index contributed by atoms with van der Waals surface area (Å²) in [6, 6.07) is 55.0. The Morgan fingerprint density at radius 2 is 1.21 bits per heavy atom. The lowest BCUT2D eigenvalue weighted by molar-refractivity contribution is 0.620. The highest BCUT2D eigenvalue weighted by molar-refractivity contribution is 7.26. The van der Waals surface area contributed by atoms with Crippen LogP contribution < -0.4 is 4.90 Å². The highest BCUT2D eigenvalue weighted by Gasteiger charge is 2.20. The maximum absolute atomic E-state index is 6.57. The highest BCUT2D eigenvalue weighted by Crippen LogP contribution is 2.45. The molecule has 5 heteroatoms. The number of anilines is 3. The van der Waals surface area contributed by atoms with Gasteiger partial charge in [-0.15, -0.1) is 11.3 Å². The van der Waals surface area contributed by atoms with Crippen molar-refractivity contribution in [3.63, 3.8) is 0 Å². The third-order valence-corrected chi connectivity index (χ3v) is 10.2. The smallest absolute Gasteiger partial charge is 0.227 e. The largest absolute Gasteiger partial charge is 0.455 e. The maximum atomic E-state index is 6.57. The molecule has 10 aromatic rings. The van der Waals surface area contributed by atoms with Crippen molar-refractivity contribution in [2.24, 2.45) is 0 Å². The lowest BCUT2D eigenvalue weighted by Crippen LogP contribution is -2.10. The molecule has 10 rings (SSSR count). The molecule has 0 fully saturated rings. The Morgan fingerprint density at radius 3 is 2.06 bits per heavy atom. The number of rotatable bonds is 5. The number of furan rings is 1. The van der Waals surface area contributed by atoms with E-state index < -0.39 is 0 Å². The molecule has 0 saturated heterocycles. The van der Waals surface area contributed by atoms with Gasteiger partial charge in [-0.3, -0.25) is 0 Å². The van der Waals surface area contributed by atoms with E-state index in [-0.39, 0.29) is 0 Å². The summed E-state index contributed by atoms with van der Waals surface area (Å²) in [5, 5.41) is 4.61. The Labute approximate surface area is 279 Å². The molecule has 0 N–H and O–H groups in total. The summed E-state index contributed by atoms with van der Waals surface area (Å²) >= 11 is 1.84. The van der Waals surface area contributed by atoms with E-state index in [1.165, 1.54) is 20.2 Å². The Hall–Kier alpha value is -6.17. The fraction of sp³-hybridized carbons (Fsp3) is 0. The Bertz CT molecular complexity index is 2780. The number of fused-ring (bicyclic) bond motifs is 7. The minimum atomic E-state index is 0.608. The molecule has 226 valence electrons. The van der Waals surface area contributed by atoms with Crippen LogP contribution in [0.25, 0.3) is 75.8 Å². The molecule has 0 amide bonds. The van der Waals surface area contributed by atoms with Crippen molar-refractivity contribution >= 4 is 81.6 Å². The first-order valence-electron chi connectivity index (χ1n) is 16.0. The van der Waals surface area contributed by atoms with Gasteiger partial charge in [-0.25, -0.2) is 4.98 Å². The summed E-state index contributed by atoms with van der Waals surface area (Å²) in [4.78, 5) is 7.12. The number of para-hydroxylation sites is 2. The summed E-state index contributed by atoms with van der Waals surface area (Å²) < 4.78 is 15.3. The second-order valence-corrected chi connectivity index (χ2v) is 13.0. The van der Waals surface area contributed by atoms with Gasteiger partial charge in [-0.2, -0.15) is 0 Å². The number of nitrogens with zero attached hydrogens (tertiary/aromatic N) is 2. The number of thiophene rings is 1. The number of hydrogen-bond acceptors (Lipinski definition) is 5. The van der Waals surface area contributed by atoms with Crippen molar-refractivity contribution in [3.8, 4) is 22.6 Å². The first-order valence-corrected chi connectivity index (χ1v) is 16.8. The summed E-state index contributed by atoms with van der Waals surface area (Å²) in [6.07, 6.45) is 0. The third-order valence-electron chi connectivity index (χ3n) is 9.10. The molecule has 0 aliphatic heterocycles. The van der Waals surface area contributed by atoms with E-state index in [1.54, 1.807) is 0 Å². The normalized spacial score (nSPS) is 11.8. The molecular formula is C43H26N2O2S. The summed E-state index contributed by atoms with van der Waals surface area (Å²) in [5.74, 6) is 0.608. The average molecular weight is 635 g/mol. The van der Waals surface area contributed by atoms with Gasteiger partial charge in [0.1, 0.15) is 16.7 Å². The van der Waals surface area contributed by atoms with Gasteiger partial charge < -0.3 is 13.7 Å². The Balaban J connectivity index is 1.08. The fourth-order valence-corrected chi connectivity index (χ4v) is 8.01. The molecule has 3 aromatic heterocycles. The molecular weight excluding hydrogens is 609 g/mol. The molecule has 4 nitrogen and oxygen atoms in total. The van der Waals surface area contributed by atoms with Crippen molar-refractivity contribution in [1.29, 1.82) is 0 Å². The standard InChI is InChI=1S/C43H26N2O2S/c1-3-11-28(12-4-1)43-44-35-26-37-34(25-38(35)47-43)32-17-9-16-31(42(32)46-37)27-21-23-30(24-22-27)45(29-13-5-2-6-14-29)36-18-10-20-40-41(36)33-15-7-8-19-39(33)48-40/h1-26H. The van der Waals surface area contributed by atoms with Crippen LogP contribution in [0.15, 0.2) is 167 Å². The van der Waals surface area contributed by atoms with Crippen molar-refractivity contribution < 1.29 is 8.83 Å². The van der Waals surface area contributed by atoms with E-state index in [0.29, 0.717) is 5.89 Å². The summed E-state index contributed by atoms with van der Waals surface area (Å²) in [6.45, 7) is 0. The second-order valence-electron chi connectivity index (χ2n) is 12.0. The van der Waals surface area contributed by atoms with Crippen LogP contribution >= 0.6 is 11.3 Å². The molecule has 0 aliphatic carbocycles. The predicted octanol–water partition coefficient (Wildman–Crippen LogP) is 12.9. The maximum Gasteiger partial charge on any atom is 0.227 e. The minimum absolute atomic E-state index is 0.608. The third kappa shape index (κ3) is 4.25. The molecule has 0 spiro atoms. The van der Waals surface area contributed by atoms with Crippen molar-refractivity contribution in [2.45, 2.75) is 0 Å². The molecule has 0 atom stereocenters. The van der Waals surface area contributed by atoms with Gasteiger partial charge in [0.15, 0.2) is 5.58 Å². The van der Waals surface area contributed by atoms with Crippen LogP contribution in [0.3, 0.4) is 0 Å².